The van der Waals surface area contributed by atoms with Crippen LogP contribution >= 0.6 is 11.6 Å². The summed E-state index contributed by atoms with van der Waals surface area (Å²) >= 11 is 6.13. The standard InChI is InChI=1S/C22H17ClN2O4/c23-16-10-14(6-7-18(16)26)21-24-17-4-2-1-3-15(17)22(27)25(21)11-13-5-8-19-20(9-13)29-12-28-19/h1-10,21,24,26H,11-12H2. The molecule has 2 N–H and O–H groups in total. The van der Waals surface area contributed by atoms with Gasteiger partial charge in [0.25, 0.3) is 5.91 Å². The van der Waals surface area contributed by atoms with Gasteiger partial charge in [-0.1, -0.05) is 35.9 Å². The van der Waals surface area contributed by atoms with E-state index in [1.165, 1.54) is 6.07 Å². The highest BCUT2D eigenvalue weighted by atomic mass is 35.5. The van der Waals surface area contributed by atoms with Crippen LogP contribution in [-0.4, -0.2) is 22.7 Å². The Morgan fingerprint density at radius 1 is 1.07 bits per heavy atom. The van der Waals surface area contributed by atoms with Gasteiger partial charge >= 0.3 is 0 Å². The van der Waals surface area contributed by atoms with Crippen molar-refractivity contribution in [1.29, 1.82) is 0 Å². The van der Waals surface area contributed by atoms with Crippen molar-refractivity contribution in [3.05, 3.63) is 82.4 Å². The summed E-state index contributed by atoms with van der Waals surface area (Å²) < 4.78 is 10.8. The Bertz CT molecular complexity index is 1120. The number of benzene rings is 3. The lowest BCUT2D eigenvalue weighted by molar-refractivity contribution is 0.0666. The zero-order valence-corrected chi connectivity index (χ0v) is 16.0. The molecular weight excluding hydrogens is 392 g/mol. The zero-order valence-electron chi connectivity index (χ0n) is 15.3. The smallest absolute Gasteiger partial charge is 0.258 e. The summed E-state index contributed by atoms with van der Waals surface area (Å²) in [6, 6.07) is 18.0. The number of fused-ring (bicyclic) bond motifs is 2. The van der Waals surface area contributed by atoms with Crippen LogP contribution in [0.4, 0.5) is 5.69 Å². The van der Waals surface area contributed by atoms with Gasteiger partial charge in [0.2, 0.25) is 6.79 Å². The first-order valence-corrected chi connectivity index (χ1v) is 9.51. The highest BCUT2D eigenvalue weighted by Crippen LogP contribution is 2.38. The molecule has 0 spiro atoms. The van der Waals surface area contributed by atoms with E-state index in [-0.39, 0.29) is 23.5 Å². The minimum atomic E-state index is -0.444. The maximum absolute atomic E-state index is 13.3. The Balaban J connectivity index is 1.55. The van der Waals surface area contributed by atoms with Crippen LogP contribution in [0.1, 0.15) is 27.7 Å². The minimum Gasteiger partial charge on any atom is -0.506 e. The zero-order chi connectivity index (χ0) is 20.0. The second-order valence-electron chi connectivity index (χ2n) is 6.92. The highest BCUT2D eigenvalue weighted by Gasteiger charge is 2.33. The molecule has 0 fully saturated rings. The van der Waals surface area contributed by atoms with Gasteiger partial charge in [-0.2, -0.15) is 0 Å². The van der Waals surface area contributed by atoms with Crippen molar-refractivity contribution in [2.75, 3.05) is 12.1 Å². The van der Waals surface area contributed by atoms with Gasteiger partial charge in [0.1, 0.15) is 11.9 Å². The number of para-hydroxylation sites is 1. The Kier molecular flexibility index (Phi) is 4.21. The topological polar surface area (TPSA) is 71.0 Å². The molecule has 2 aliphatic rings. The Morgan fingerprint density at radius 3 is 2.76 bits per heavy atom. The third-order valence-corrected chi connectivity index (χ3v) is 5.40. The number of halogens is 1. The molecule has 0 saturated heterocycles. The predicted molar refractivity (Wildman–Crippen MR) is 108 cm³/mol. The first kappa shape index (κ1) is 17.7. The molecule has 0 bridgehead atoms. The summed E-state index contributed by atoms with van der Waals surface area (Å²) in [6.45, 7) is 0.560. The van der Waals surface area contributed by atoms with E-state index in [0.29, 0.717) is 23.6 Å². The van der Waals surface area contributed by atoms with Gasteiger partial charge in [-0.3, -0.25) is 4.79 Å². The summed E-state index contributed by atoms with van der Waals surface area (Å²) in [5, 5.41) is 13.4. The number of ether oxygens (including phenoxy) is 2. The third kappa shape index (κ3) is 3.11. The lowest BCUT2D eigenvalue weighted by atomic mass is 10.0. The normalized spacial score (nSPS) is 17.1. The molecule has 0 aliphatic carbocycles. The second kappa shape index (κ2) is 6.90. The summed E-state index contributed by atoms with van der Waals surface area (Å²) in [7, 11) is 0. The molecule has 5 rings (SSSR count). The molecule has 3 aromatic carbocycles. The number of phenolic OH excluding ortho intramolecular Hbond substituents is 1. The molecule has 0 saturated carbocycles. The van der Waals surface area contributed by atoms with Gasteiger partial charge in [0, 0.05) is 12.2 Å². The average Bonchev–Trinajstić information content (AvgIpc) is 3.20. The summed E-state index contributed by atoms with van der Waals surface area (Å²) in [4.78, 5) is 15.1. The number of phenols is 1. The molecule has 3 aromatic rings. The van der Waals surface area contributed by atoms with Crippen molar-refractivity contribution in [1.82, 2.24) is 4.90 Å². The summed E-state index contributed by atoms with van der Waals surface area (Å²) in [5.41, 5.74) is 3.05. The van der Waals surface area contributed by atoms with Crippen LogP contribution in [0.15, 0.2) is 60.7 Å². The maximum Gasteiger partial charge on any atom is 0.258 e. The fraction of sp³-hybridized carbons (Fsp3) is 0.136. The lowest BCUT2D eigenvalue weighted by Crippen LogP contribution is -2.42. The van der Waals surface area contributed by atoms with Crippen LogP contribution in [0.25, 0.3) is 0 Å². The van der Waals surface area contributed by atoms with E-state index in [0.717, 1.165) is 16.8 Å². The number of nitrogens with zero attached hydrogens (tertiary/aromatic N) is 1. The number of nitrogens with one attached hydrogen (secondary N) is 1. The van der Waals surface area contributed by atoms with E-state index >= 15 is 0 Å². The van der Waals surface area contributed by atoms with Crippen molar-refractivity contribution in [2.24, 2.45) is 0 Å². The molecule has 2 heterocycles. The fourth-order valence-electron chi connectivity index (χ4n) is 3.65. The number of hydrogen-bond acceptors (Lipinski definition) is 5. The van der Waals surface area contributed by atoms with Gasteiger partial charge < -0.3 is 24.8 Å². The van der Waals surface area contributed by atoms with E-state index in [4.69, 9.17) is 21.1 Å². The van der Waals surface area contributed by atoms with Crippen LogP contribution in [-0.2, 0) is 6.54 Å². The number of aromatic hydroxyl groups is 1. The number of rotatable bonds is 3. The SMILES string of the molecule is O=C1c2ccccc2NC(c2ccc(O)c(Cl)c2)N1Cc1ccc2c(c1)OCO2. The van der Waals surface area contributed by atoms with E-state index in [1.807, 2.05) is 36.4 Å². The summed E-state index contributed by atoms with van der Waals surface area (Å²) in [5.74, 6) is 1.28. The van der Waals surface area contributed by atoms with Crippen molar-refractivity contribution in [3.8, 4) is 17.2 Å². The minimum absolute atomic E-state index is 0.000253. The fourth-order valence-corrected chi connectivity index (χ4v) is 3.84. The van der Waals surface area contributed by atoms with Crippen LogP contribution in [0, 0.1) is 0 Å². The van der Waals surface area contributed by atoms with Crippen molar-refractivity contribution < 1.29 is 19.4 Å². The second-order valence-corrected chi connectivity index (χ2v) is 7.33. The molecule has 0 radical (unpaired) electrons. The first-order valence-electron chi connectivity index (χ1n) is 9.13. The highest BCUT2D eigenvalue weighted by molar-refractivity contribution is 6.32. The van der Waals surface area contributed by atoms with E-state index < -0.39 is 6.17 Å². The molecule has 0 aromatic heterocycles. The number of carbonyl (C=O) groups is 1. The van der Waals surface area contributed by atoms with Gasteiger partial charge in [0.05, 0.1) is 10.6 Å². The Hall–Kier alpha value is -3.38. The van der Waals surface area contributed by atoms with Crippen molar-refractivity contribution >= 4 is 23.2 Å². The molecule has 29 heavy (non-hydrogen) atoms. The Labute approximate surface area is 172 Å². The largest absolute Gasteiger partial charge is 0.506 e. The molecule has 1 unspecified atom stereocenters. The molecular formula is C22H17ClN2O4. The van der Waals surface area contributed by atoms with Gasteiger partial charge in [-0.15, -0.1) is 0 Å². The van der Waals surface area contributed by atoms with Crippen molar-refractivity contribution in [2.45, 2.75) is 12.7 Å². The van der Waals surface area contributed by atoms with E-state index in [1.54, 1.807) is 23.1 Å². The molecule has 7 heteroatoms. The first-order chi connectivity index (χ1) is 14.1. The maximum atomic E-state index is 13.3. The van der Waals surface area contributed by atoms with Gasteiger partial charge in [-0.05, 0) is 47.5 Å². The van der Waals surface area contributed by atoms with Crippen molar-refractivity contribution in [3.63, 3.8) is 0 Å². The molecule has 6 nitrogen and oxygen atoms in total. The molecule has 1 amide bonds. The van der Waals surface area contributed by atoms with Gasteiger partial charge in [-0.25, -0.2) is 0 Å². The average molecular weight is 409 g/mol. The van der Waals surface area contributed by atoms with Gasteiger partial charge in [0.15, 0.2) is 11.5 Å². The molecule has 2 aliphatic heterocycles. The predicted octanol–water partition coefficient (Wildman–Crippen LogP) is 4.54. The quantitative estimate of drug-likeness (QED) is 0.665. The van der Waals surface area contributed by atoms with E-state index in [9.17, 15) is 9.90 Å². The number of hydrogen-bond donors (Lipinski definition) is 2. The van der Waals surface area contributed by atoms with E-state index in [2.05, 4.69) is 5.32 Å². The van der Waals surface area contributed by atoms with Crippen LogP contribution in [0.5, 0.6) is 17.2 Å². The number of amides is 1. The Morgan fingerprint density at radius 2 is 1.90 bits per heavy atom. The monoisotopic (exact) mass is 408 g/mol. The summed E-state index contributed by atoms with van der Waals surface area (Å²) in [6.07, 6.45) is -0.444. The van der Waals surface area contributed by atoms with Crippen LogP contribution in [0.2, 0.25) is 5.02 Å². The number of anilines is 1. The lowest BCUT2D eigenvalue weighted by Gasteiger charge is -2.38. The van der Waals surface area contributed by atoms with Crippen LogP contribution < -0.4 is 14.8 Å². The molecule has 1 atom stereocenters. The third-order valence-electron chi connectivity index (χ3n) is 5.10. The van der Waals surface area contributed by atoms with Crippen LogP contribution in [0.3, 0.4) is 0 Å². The molecule has 146 valence electrons. The number of carbonyl (C=O) groups excluding carboxylic acids is 1.